The third kappa shape index (κ3) is 5.86. The van der Waals surface area contributed by atoms with Crippen LogP contribution in [0.1, 0.15) is 39.0 Å². The Morgan fingerprint density at radius 2 is 2.11 bits per heavy atom. The Morgan fingerprint density at radius 1 is 1.34 bits per heavy atom. The van der Waals surface area contributed by atoms with E-state index >= 15 is 0 Å². The molecule has 35 heavy (non-hydrogen) atoms. The summed E-state index contributed by atoms with van der Waals surface area (Å²) in [4.78, 5) is 20.1. The van der Waals surface area contributed by atoms with Gasteiger partial charge in [0.15, 0.2) is 5.84 Å². The van der Waals surface area contributed by atoms with E-state index < -0.39 is 11.9 Å². The number of hydrazone groups is 1. The number of hydrogen-bond donors (Lipinski definition) is 2. The minimum Gasteiger partial charge on any atom is -0.373 e. The van der Waals surface area contributed by atoms with Crippen molar-refractivity contribution in [2.24, 2.45) is 16.0 Å². The number of aliphatic imine (C=N–C) groups is 1. The van der Waals surface area contributed by atoms with Crippen LogP contribution in [-0.2, 0) is 4.79 Å². The van der Waals surface area contributed by atoms with Gasteiger partial charge in [0.1, 0.15) is 11.9 Å². The van der Waals surface area contributed by atoms with Crippen molar-refractivity contribution in [3.8, 4) is 0 Å². The van der Waals surface area contributed by atoms with Gasteiger partial charge in [0, 0.05) is 43.9 Å². The third-order valence-corrected chi connectivity index (χ3v) is 7.00. The number of rotatable bonds is 8. The van der Waals surface area contributed by atoms with Crippen molar-refractivity contribution in [1.82, 2.24) is 15.2 Å². The Hall–Kier alpha value is -2.87. The number of nitrogens with zero attached hydrogens (tertiary/aromatic N) is 4. The maximum Gasteiger partial charge on any atom is 0.243 e. The maximum atomic E-state index is 13.8. The predicted octanol–water partition coefficient (Wildman–Crippen LogP) is 4.43. The van der Waals surface area contributed by atoms with E-state index in [1.165, 1.54) is 12.1 Å². The number of hydrogen-bond acceptors (Lipinski definition) is 5. The zero-order valence-corrected chi connectivity index (χ0v) is 21.4. The van der Waals surface area contributed by atoms with Crippen molar-refractivity contribution in [2.45, 2.75) is 51.1 Å². The molecule has 3 aliphatic rings. The summed E-state index contributed by atoms with van der Waals surface area (Å²) in [5, 5.41) is 13.0. The van der Waals surface area contributed by atoms with Gasteiger partial charge in [0.2, 0.25) is 5.91 Å². The standard InChI is InChI=1S/C26H34ClFN6O/c1-5-16(2)24(22-14-30-33(4)25(22)29-3)34-10-6-7-20(15-34)32-26(35)23(17-8-9-17)31-21-12-18(27)11-19(28)13-21/h11-14,17,20,23,31H,2,5-10,15H2,1,3-4H3,(H,32,35). The molecule has 2 heterocycles. The summed E-state index contributed by atoms with van der Waals surface area (Å²) in [6.45, 7) is 7.97. The minimum absolute atomic E-state index is 0.00580. The van der Waals surface area contributed by atoms with Crippen LogP contribution >= 0.6 is 11.6 Å². The highest BCUT2D eigenvalue weighted by molar-refractivity contribution is 6.30. The summed E-state index contributed by atoms with van der Waals surface area (Å²) in [7, 11) is 3.65. The van der Waals surface area contributed by atoms with Gasteiger partial charge in [-0.3, -0.25) is 14.8 Å². The van der Waals surface area contributed by atoms with E-state index in [0.717, 1.165) is 61.3 Å². The predicted molar refractivity (Wildman–Crippen MR) is 140 cm³/mol. The molecule has 7 nitrogen and oxygen atoms in total. The molecule has 1 amide bonds. The number of likely N-dealkylation sites (N-methyl/N-ethyl adjacent to an activating group) is 1. The second-order valence-electron chi connectivity index (χ2n) is 9.45. The fourth-order valence-electron chi connectivity index (χ4n) is 4.85. The van der Waals surface area contributed by atoms with Gasteiger partial charge >= 0.3 is 0 Å². The van der Waals surface area contributed by atoms with E-state index in [4.69, 9.17) is 11.6 Å². The van der Waals surface area contributed by atoms with E-state index in [1.807, 2.05) is 13.3 Å². The van der Waals surface area contributed by atoms with Crippen LogP contribution in [0.3, 0.4) is 0 Å². The van der Waals surface area contributed by atoms with Gasteiger partial charge in [-0.1, -0.05) is 25.1 Å². The molecule has 1 saturated carbocycles. The first-order valence-corrected chi connectivity index (χ1v) is 12.6. The average Bonchev–Trinajstić information content (AvgIpc) is 3.59. The monoisotopic (exact) mass is 500 g/mol. The van der Waals surface area contributed by atoms with Crippen molar-refractivity contribution in [1.29, 1.82) is 0 Å². The molecule has 1 aromatic carbocycles. The lowest BCUT2D eigenvalue weighted by Gasteiger charge is -2.38. The van der Waals surface area contributed by atoms with Crippen LogP contribution in [0.2, 0.25) is 5.02 Å². The zero-order chi connectivity index (χ0) is 25.1. The van der Waals surface area contributed by atoms with Gasteiger partial charge < -0.3 is 15.5 Å². The molecule has 2 unspecified atom stereocenters. The van der Waals surface area contributed by atoms with Crippen molar-refractivity contribution >= 4 is 35.2 Å². The first kappa shape index (κ1) is 25.2. The first-order valence-electron chi connectivity index (χ1n) is 12.3. The van der Waals surface area contributed by atoms with Crippen LogP contribution in [0, 0.1) is 11.7 Å². The molecule has 0 radical (unpaired) electrons. The van der Waals surface area contributed by atoms with Crippen LogP contribution in [-0.4, -0.2) is 67.1 Å². The number of benzene rings is 1. The molecule has 4 rings (SSSR count). The van der Waals surface area contributed by atoms with Crippen molar-refractivity contribution in [3.63, 3.8) is 0 Å². The molecular weight excluding hydrogens is 467 g/mol. The highest BCUT2D eigenvalue weighted by atomic mass is 35.5. The molecule has 2 N–H and O–H groups in total. The van der Waals surface area contributed by atoms with E-state index in [0.29, 0.717) is 17.3 Å². The fraction of sp³-hybridized carbons (Fsp3) is 0.500. The Bertz CT molecular complexity index is 1060. The number of anilines is 1. The molecule has 2 atom stereocenters. The summed E-state index contributed by atoms with van der Waals surface area (Å²) in [6, 6.07) is 3.86. The second kappa shape index (κ2) is 10.8. The number of allylic oxidation sites excluding steroid dienone is 1. The van der Waals surface area contributed by atoms with Crippen LogP contribution in [0.15, 0.2) is 51.7 Å². The van der Waals surface area contributed by atoms with E-state index in [2.05, 4.69) is 39.1 Å². The molecule has 1 aliphatic carbocycles. The molecular formula is C26H34ClFN6O. The van der Waals surface area contributed by atoms with Crippen molar-refractivity contribution in [2.75, 3.05) is 32.5 Å². The number of amides is 1. The number of nitrogens with one attached hydrogen (secondary N) is 2. The SMILES string of the molecule is C=C(CC)C(=C1C=NN(C)C1=NC)N1CCCC(NC(=O)C(Nc2cc(F)cc(Cl)c2)C2CC2)C1. The van der Waals surface area contributed by atoms with Crippen LogP contribution in [0.25, 0.3) is 0 Å². The average molecular weight is 501 g/mol. The molecule has 188 valence electrons. The highest BCUT2D eigenvalue weighted by Crippen LogP contribution is 2.35. The molecule has 2 aliphatic heterocycles. The van der Waals surface area contributed by atoms with Gasteiger partial charge in [-0.2, -0.15) is 5.10 Å². The number of carbonyl (C=O) groups excluding carboxylic acids is 1. The lowest BCUT2D eigenvalue weighted by molar-refractivity contribution is -0.123. The number of carbonyl (C=O) groups is 1. The van der Waals surface area contributed by atoms with Crippen LogP contribution in [0.4, 0.5) is 10.1 Å². The second-order valence-corrected chi connectivity index (χ2v) is 9.88. The largest absolute Gasteiger partial charge is 0.373 e. The lowest BCUT2D eigenvalue weighted by Crippen LogP contribution is -2.52. The molecule has 9 heteroatoms. The van der Waals surface area contributed by atoms with E-state index in [-0.39, 0.29) is 17.9 Å². The summed E-state index contributed by atoms with van der Waals surface area (Å²) >= 11 is 6.01. The topological polar surface area (TPSA) is 72.3 Å². The molecule has 0 aromatic heterocycles. The van der Waals surface area contributed by atoms with E-state index in [1.54, 1.807) is 18.1 Å². The van der Waals surface area contributed by atoms with Crippen molar-refractivity contribution in [3.05, 3.63) is 52.5 Å². The van der Waals surface area contributed by atoms with Gasteiger partial charge in [0.25, 0.3) is 0 Å². The van der Waals surface area contributed by atoms with Gasteiger partial charge in [-0.15, -0.1) is 0 Å². The maximum absolute atomic E-state index is 13.8. The Balaban J connectivity index is 1.49. The first-order chi connectivity index (χ1) is 16.8. The molecule has 1 aromatic rings. The zero-order valence-electron chi connectivity index (χ0n) is 20.7. The third-order valence-electron chi connectivity index (χ3n) is 6.78. The summed E-state index contributed by atoms with van der Waals surface area (Å²) < 4.78 is 13.8. The number of piperidine rings is 1. The highest BCUT2D eigenvalue weighted by Gasteiger charge is 2.38. The van der Waals surface area contributed by atoms with Crippen LogP contribution < -0.4 is 10.6 Å². The summed E-state index contributed by atoms with van der Waals surface area (Å²) in [5.74, 6) is 0.572. The molecule has 2 fully saturated rings. The van der Waals surface area contributed by atoms with Gasteiger partial charge in [0.05, 0.1) is 17.5 Å². The lowest BCUT2D eigenvalue weighted by atomic mass is 9.98. The minimum atomic E-state index is -0.425. The Morgan fingerprint density at radius 3 is 2.77 bits per heavy atom. The number of amidine groups is 1. The van der Waals surface area contributed by atoms with Gasteiger partial charge in [-0.05, 0) is 61.8 Å². The molecule has 0 bridgehead atoms. The molecule has 0 spiro atoms. The van der Waals surface area contributed by atoms with Gasteiger partial charge in [-0.25, -0.2) is 4.39 Å². The van der Waals surface area contributed by atoms with Crippen molar-refractivity contribution < 1.29 is 9.18 Å². The Labute approximate surface area is 211 Å². The number of likely N-dealkylation sites (tertiary alicyclic amines) is 1. The fourth-order valence-corrected chi connectivity index (χ4v) is 5.07. The smallest absolute Gasteiger partial charge is 0.243 e. The summed E-state index contributed by atoms with van der Waals surface area (Å²) in [5.41, 5.74) is 3.56. The van der Waals surface area contributed by atoms with Crippen LogP contribution in [0.5, 0.6) is 0 Å². The Kier molecular flexibility index (Phi) is 7.79. The normalized spacial score (nSPS) is 23.5. The number of halogens is 2. The van der Waals surface area contributed by atoms with E-state index in [9.17, 15) is 9.18 Å². The quantitative estimate of drug-likeness (QED) is 0.554. The molecule has 1 saturated heterocycles. The summed E-state index contributed by atoms with van der Waals surface area (Å²) in [6.07, 6.45) is 6.45.